The zero-order valence-electron chi connectivity index (χ0n) is 34.2. The highest BCUT2D eigenvalue weighted by atomic mass is 28.3. The Hall–Kier alpha value is -4.02. The molecule has 16 rings (SSSR count). The highest BCUT2D eigenvalue weighted by Crippen LogP contribution is 2.62. The van der Waals surface area contributed by atoms with E-state index in [9.17, 15) is 0 Å². The minimum atomic E-state index is -2.03. The van der Waals surface area contributed by atoms with Gasteiger partial charge in [0.25, 0.3) is 6.71 Å². The molecule has 0 amide bonds. The summed E-state index contributed by atoms with van der Waals surface area (Å²) in [5.41, 5.74) is 18.2. The minimum absolute atomic E-state index is 0.249. The van der Waals surface area contributed by atoms with Crippen molar-refractivity contribution in [3.63, 3.8) is 0 Å². The molecule has 3 aliphatic heterocycles. The second kappa shape index (κ2) is 11.0. The molecular formula is C53H55BN2Si. The van der Waals surface area contributed by atoms with Gasteiger partial charge in [-0.25, -0.2) is 0 Å². The molecule has 8 aliphatic carbocycles. The molecule has 3 heterocycles. The third-order valence-electron chi connectivity index (χ3n) is 18.2. The van der Waals surface area contributed by atoms with Gasteiger partial charge in [0, 0.05) is 34.1 Å². The van der Waals surface area contributed by atoms with E-state index in [2.05, 4.69) is 127 Å². The van der Waals surface area contributed by atoms with Crippen molar-refractivity contribution in [2.24, 2.45) is 35.5 Å². The monoisotopic (exact) mass is 758 g/mol. The van der Waals surface area contributed by atoms with Crippen LogP contribution in [-0.2, 0) is 10.8 Å². The summed E-state index contributed by atoms with van der Waals surface area (Å²) < 4.78 is 0. The summed E-state index contributed by atoms with van der Waals surface area (Å²) in [6.07, 6.45) is 17.5. The molecule has 57 heavy (non-hydrogen) atoms. The predicted molar refractivity (Wildman–Crippen MR) is 242 cm³/mol. The van der Waals surface area contributed by atoms with E-state index in [1.807, 2.05) is 0 Å². The van der Waals surface area contributed by atoms with Crippen LogP contribution in [0.5, 0.6) is 0 Å². The zero-order valence-corrected chi connectivity index (χ0v) is 35.2. The Balaban J connectivity index is 0.939. The predicted octanol–water partition coefficient (Wildman–Crippen LogP) is 10.1. The zero-order chi connectivity index (χ0) is 37.6. The topological polar surface area (TPSA) is 6.48 Å². The van der Waals surface area contributed by atoms with Gasteiger partial charge in [0.15, 0.2) is 0 Å². The highest BCUT2D eigenvalue weighted by Gasteiger charge is 2.54. The van der Waals surface area contributed by atoms with Crippen LogP contribution < -0.4 is 36.6 Å². The van der Waals surface area contributed by atoms with E-state index in [-0.39, 0.29) is 6.71 Å². The van der Waals surface area contributed by atoms with E-state index in [1.54, 1.807) is 32.4 Å². The molecule has 8 bridgehead atoms. The summed E-state index contributed by atoms with van der Waals surface area (Å²) in [6.45, 7) is 7.81. The van der Waals surface area contributed by atoms with Gasteiger partial charge in [-0.05, 0) is 212 Å². The first-order valence-corrected chi connectivity index (χ1v) is 26.0. The second-order valence-electron chi connectivity index (χ2n) is 21.9. The van der Waals surface area contributed by atoms with E-state index >= 15 is 0 Å². The molecule has 2 nitrogen and oxygen atoms in total. The highest BCUT2D eigenvalue weighted by molar-refractivity contribution is 7.16. The fraction of sp³-hybridized carbons (Fsp3) is 0.434. The van der Waals surface area contributed by atoms with Crippen LogP contribution in [-0.4, -0.2) is 14.8 Å². The molecule has 284 valence electrons. The average molecular weight is 759 g/mol. The maximum absolute atomic E-state index is 2.68. The van der Waals surface area contributed by atoms with Crippen LogP contribution in [0.25, 0.3) is 0 Å². The van der Waals surface area contributed by atoms with Crippen LogP contribution >= 0.6 is 0 Å². The van der Waals surface area contributed by atoms with Gasteiger partial charge < -0.3 is 9.80 Å². The third kappa shape index (κ3) is 4.29. The van der Waals surface area contributed by atoms with Gasteiger partial charge >= 0.3 is 0 Å². The quantitative estimate of drug-likeness (QED) is 0.165. The van der Waals surface area contributed by atoms with Crippen molar-refractivity contribution in [2.45, 2.75) is 108 Å². The third-order valence-corrected chi connectivity index (χ3v) is 21.7. The first-order chi connectivity index (χ1) is 27.7. The molecule has 0 atom stereocenters. The van der Waals surface area contributed by atoms with E-state index in [0.717, 1.165) is 35.5 Å². The van der Waals surface area contributed by atoms with Gasteiger partial charge in [-0.1, -0.05) is 72.0 Å². The Morgan fingerprint density at radius 2 is 0.842 bits per heavy atom. The molecule has 0 N–H and O–H groups in total. The summed E-state index contributed by atoms with van der Waals surface area (Å²) in [5.74, 6) is 5.76. The SMILES string of the molecule is Cc1cc2c3c(c1)N(c1ccc(C45CC6CC(CC(C6)C4)C5)cc1)c1cccc4c1B3c1c(cccc1[Si]4(C)C)N2c1ccc(C23CC4CC(CC(C4)C2)C3)cc1. The smallest absolute Gasteiger partial charge is 0.251 e. The van der Waals surface area contributed by atoms with Crippen molar-refractivity contribution < 1.29 is 0 Å². The molecule has 0 saturated heterocycles. The number of benzene rings is 5. The second-order valence-corrected chi connectivity index (χ2v) is 26.2. The molecule has 5 aromatic rings. The van der Waals surface area contributed by atoms with Crippen LogP contribution in [0.2, 0.25) is 13.1 Å². The van der Waals surface area contributed by atoms with Crippen LogP contribution in [0.3, 0.4) is 0 Å². The lowest BCUT2D eigenvalue weighted by Crippen LogP contribution is -2.79. The molecule has 4 heteroatoms. The Bertz CT molecular complexity index is 2310. The van der Waals surface area contributed by atoms with Crippen molar-refractivity contribution in [1.82, 2.24) is 0 Å². The standard InChI is InChI=1S/C53H55BN2Si/c1-32-18-45-49-46(19-32)56(42-16-12-40(13-17-42)53-29-36-23-37(30-53)25-38(24-36)31-53)44-7-5-9-48-51(44)54(49)50-43(6-4-8-47(50)57(48,2)3)55(45)41-14-10-39(11-15-41)52-26-33-20-34(27-52)22-35(21-33)28-52/h4-19,33-38H,20-31H2,1-3H3. The van der Waals surface area contributed by atoms with Crippen LogP contribution in [0.1, 0.15) is 93.7 Å². The largest absolute Gasteiger partial charge is 0.311 e. The van der Waals surface area contributed by atoms with Crippen molar-refractivity contribution >= 4 is 75.7 Å². The fourth-order valence-electron chi connectivity index (χ4n) is 16.9. The van der Waals surface area contributed by atoms with Gasteiger partial charge in [-0.3, -0.25) is 0 Å². The van der Waals surface area contributed by atoms with Gasteiger partial charge in [0.1, 0.15) is 8.07 Å². The number of hydrogen-bond acceptors (Lipinski definition) is 2. The molecule has 11 aliphatic rings. The van der Waals surface area contributed by atoms with Crippen LogP contribution in [0, 0.1) is 42.4 Å². The maximum Gasteiger partial charge on any atom is 0.251 e. The lowest BCUT2D eigenvalue weighted by atomic mass is 9.33. The van der Waals surface area contributed by atoms with Crippen molar-refractivity contribution in [2.75, 3.05) is 9.80 Å². The van der Waals surface area contributed by atoms with Crippen molar-refractivity contribution in [3.8, 4) is 0 Å². The van der Waals surface area contributed by atoms with Crippen molar-refractivity contribution in [3.05, 3.63) is 114 Å². The lowest BCUT2D eigenvalue weighted by molar-refractivity contribution is -0.00530. The molecule has 5 aromatic carbocycles. The number of nitrogens with zero attached hydrogens (tertiary/aromatic N) is 2. The van der Waals surface area contributed by atoms with Gasteiger partial charge in [-0.2, -0.15) is 0 Å². The molecule has 0 unspecified atom stereocenters. The Morgan fingerprint density at radius 3 is 1.21 bits per heavy atom. The van der Waals surface area contributed by atoms with E-state index in [1.165, 1.54) is 122 Å². The summed E-state index contributed by atoms with van der Waals surface area (Å²) in [7, 11) is -2.03. The van der Waals surface area contributed by atoms with Crippen LogP contribution in [0.15, 0.2) is 97.1 Å². The summed E-state index contributed by atoms with van der Waals surface area (Å²) in [5, 5.41) is 3.24. The lowest BCUT2D eigenvalue weighted by Gasteiger charge is -2.57. The van der Waals surface area contributed by atoms with Crippen molar-refractivity contribution in [1.29, 1.82) is 0 Å². The van der Waals surface area contributed by atoms with Crippen LogP contribution in [0.4, 0.5) is 34.1 Å². The Kier molecular flexibility index (Phi) is 6.33. The number of rotatable bonds is 4. The number of aryl methyl sites for hydroxylation is 1. The van der Waals surface area contributed by atoms with E-state index < -0.39 is 8.07 Å². The Morgan fingerprint density at radius 1 is 0.474 bits per heavy atom. The molecule has 0 aromatic heterocycles. The van der Waals surface area contributed by atoms with E-state index in [4.69, 9.17) is 0 Å². The summed E-state index contributed by atoms with van der Waals surface area (Å²) in [4.78, 5) is 5.37. The fourth-order valence-corrected chi connectivity index (χ4v) is 20.1. The molecular weight excluding hydrogens is 703 g/mol. The Labute approximate surface area is 341 Å². The normalized spacial score (nSPS) is 33.6. The molecule has 8 fully saturated rings. The first-order valence-electron chi connectivity index (χ1n) is 23.0. The number of hydrogen-bond donors (Lipinski definition) is 0. The first kappa shape index (κ1) is 32.9. The summed E-state index contributed by atoms with van der Waals surface area (Å²) in [6, 6.07) is 40.0. The van der Waals surface area contributed by atoms with E-state index in [0.29, 0.717) is 10.8 Å². The number of anilines is 6. The summed E-state index contributed by atoms with van der Waals surface area (Å²) >= 11 is 0. The minimum Gasteiger partial charge on any atom is -0.311 e. The van der Waals surface area contributed by atoms with Gasteiger partial charge in [-0.15, -0.1) is 0 Å². The maximum atomic E-state index is 2.68. The van der Waals surface area contributed by atoms with Gasteiger partial charge in [0.05, 0.1) is 0 Å². The van der Waals surface area contributed by atoms with Gasteiger partial charge in [0.2, 0.25) is 0 Å². The molecule has 0 spiro atoms. The molecule has 0 radical (unpaired) electrons. The average Bonchev–Trinajstić information content (AvgIpc) is 3.19. The molecule has 8 saturated carbocycles.